The molecule has 0 aliphatic carbocycles. The van der Waals surface area contributed by atoms with E-state index in [2.05, 4.69) is 4.99 Å². The van der Waals surface area contributed by atoms with E-state index in [4.69, 9.17) is 16.0 Å². The van der Waals surface area contributed by atoms with Crippen molar-refractivity contribution in [1.82, 2.24) is 0 Å². The molecule has 0 fully saturated rings. The van der Waals surface area contributed by atoms with Crippen LogP contribution in [-0.2, 0) is 10.1 Å². The maximum absolute atomic E-state index is 10.4. The molecule has 0 atom stereocenters. The Morgan fingerprint density at radius 1 is 1.27 bits per heavy atom. The number of benzene rings is 1. The molecule has 5 N–H and O–H groups in total. The van der Waals surface area contributed by atoms with Crippen LogP contribution >= 0.6 is 0 Å². The van der Waals surface area contributed by atoms with E-state index in [-0.39, 0.29) is 10.9 Å². The van der Waals surface area contributed by atoms with Gasteiger partial charge in [-0.1, -0.05) is 18.2 Å². The lowest BCUT2D eigenvalue weighted by molar-refractivity contribution is 0.483. The molecule has 1 aromatic carbocycles. The summed E-state index contributed by atoms with van der Waals surface area (Å²) < 4.78 is 29.2. The van der Waals surface area contributed by atoms with E-state index in [0.717, 1.165) is 0 Å². The predicted octanol–water partition coefficient (Wildman–Crippen LogP) is -0.177. The molecule has 0 radical (unpaired) electrons. The average molecular weight is 231 g/mol. The molecule has 0 saturated carbocycles. The van der Waals surface area contributed by atoms with Crippen LogP contribution < -0.4 is 11.5 Å². The number of aliphatic imine (C=N–C) groups is 1. The molecule has 6 nitrogen and oxygen atoms in total. The number of hydrogen-bond acceptors (Lipinski definition) is 3. The van der Waals surface area contributed by atoms with Crippen LogP contribution in [0.3, 0.4) is 0 Å². The van der Waals surface area contributed by atoms with Crippen molar-refractivity contribution >= 4 is 16.1 Å². The van der Waals surface area contributed by atoms with Crippen molar-refractivity contribution in [3.05, 3.63) is 30.3 Å². The minimum absolute atomic E-state index is 0.0741. The highest BCUT2D eigenvalue weighted by Crippen LogP contribution is 2.05. The zero-order valence-electron chi connectivity index (χ0n) is 8.16. The van der Waals surface area contributed by atoms with Crippen molar-refractivity contribution in [2.24, 2.45) is 16.5 Å². The quantitative estimate of drug-likeness (QED) is 0.352. The summed E-state index contributed by atoms with van der Waals surface area (Å²) >= 11 is 0. The summed E-state index contributed by atoms with van der Waals surface area (Å²) in [4.78, 5) is 3.29. The normalized spacial score (nSPS) is 9.73. The van der Waals surface area contributed by atoms with E-state index in [0.29, 0.717) is 0 Å². The minimum Gasteiger partial charge on any atom is -0.370 e. The second kappa shape index (κ2) is 5.99. The molecule has 15 heavy (non-hydrogen) atoms. The van der Waals surface area contributed by atoms with Crippen LogP contribution in [0.4, 0.5) is 0 Å². The monoisotopic (exact) mass is 231 g/mol. The Labute approximate surface area is 88.4 Å². The van der Waals surface area contributed by atoms with Gasteiger partial charge in [-0.2, -0.15) is 8.42 Å². The van der Waals surface area contributed by atoms with Gasteiger partial charge < -0.3 is 11.5 Å². The average Bonchev–Trinajstić information content (AvgIpc) is 2.19. The van der Waals surface area contributed by atoms with Crippen LogP contribution in [0.15, 0.2) is 40.2 Å². The van der Waals surface area contributed by atoms with E-state index in [1.54, 1.807) is 18.2 Å². The fourth-order valence-electron chi connectivity index (χ4n) is 0.592. The first-order chi connectivity index (χ1) is 6.88. The minimum atomic E-state index is -4.00. The van der Waals surface area contributed by atoms with E-state index in [9.17, 15) is 8.42 Å². The summed E-state index contributed by atoms with van der Waals surface area (Å²) in [5.74, 6) is 0.130. The van der Waals surface area contributed by atoms with E-state index < -0.39 is 10.1 Å². The number of nitrogens with two attached hydrogens (primary N) is 2. The molecule has 0 heterocycles. The Morgan fingerprint density at radius 2 is 1.67 bits per heavy atom. The number of nitrogens with zero attached hydrogens (tertiary/aromatic N) is 1. The van der Waals surface area contributed by atoms with Gasteiger partial charge in [0.2, 0.25) is 0 Å². The van der Waals surface area contributed by atoms with Gasteiger partial charge in [-0.05, 0) is 12.1 Å². The SMILES string of the molecule is CN=C(N)N.O=S(=O)(O)c1ccccc1. The summed E-state index contributed by atoms with van der Waals surface area (Å²) in [6, 6.07) is 7.42. The molecule has 0 aliphatic heterocycles. The molecule has 0 aromatic heterocycles. The molecular weight excluding hydrogens is 218 g/mol. The molecule has 0 amide bonds. The van der Waals surface area contributed by atoms with Gasteiger partial charge in [0.1, 0.15) is 0 Å². The molecule has 84 valence electrons. The predicted molar refractivity (Wildman–Crippen MR) is 58.0 cm³/mol. The fraction of sp³-hybridized carbons (Fsp3) is 0.125. The molecule has 0 bridgehead atoms. The van der Waals surface area contributed by atoms with Gasteiger partial charge in [-0.15, -0.1) is 0 Å². The smallest absolute Gasteiger partial charge is 0.294 e. The summed E-state index contributed by atoms with van der Waals surface area (Å²) in [6.45, 7) is 0. The topological polar surface area (TPSA) is 119 Å². The van der Waals surface area contributed by atoms with Crippen LogP contribution in [0.2, 0.25) is 0 Å². The van der Waals surface area contributed by atoms with Crippen molar-refractivity contribution in [2.45, 2.75) is 4.90 Å². The van der Waals surface area contributed by atoms with Crippen molar-refractivity contribution < 1.29 is 13.0 Å². The first-order valence-corrected chi connectivity index (χ1v) is 5.32. The molecule has 0 saturated heterocycles. The van der Waals surface area contributed by atoms with Gasteiger partial charge >= 0.3 is 0 Å². The first kappa shape index (κ1) is 13.4. The number of hydrogen-bond donors (Lipinski definition) is 3. The maximum atomic E-state index is 10.4. The van der Waals surface area contributed by atoms with E-state index in [1.165, 1.54) is 19.2 Å². The van der Waals surface area contributed by atoms with Crippen LogP contribution in [0.1, 0.15) is 0 Å². The third-order valence-electron chi connectivity index (χ3n) is 1.30. The van der Waals surface area contributed by atoms with Crippen LogP contribution in [0.5, 0.6) is 0 Å². The first-order valence-electron chi connectivity index (χ1n) is 3.88. The van der Waals surface area contributed by atoms with Gasteiger partial charge in [0.05, 0.1) is 4.90 Å². The van der Waals surface area contributed by atoms with Crippen molar-refractivity contribution in [3.8, 4) is 0 Å². The summed E-state index contributed by atoms with van der Waals surface area (Å²) in [5.41, 5.74) is 9.64. The fourth-order valence-corrected chi connectivity index (χ4v) is 1.09. The molecule has 0 aliphatic rings. The van der Waals surface area contributed by atoms with Crippen molar-refractivity contribution in [3.63, 3.8) is 0 Å². The van der Waals surface area contributed by atoms with Crippen LogP contribution in [0, 0.1) is 0 Å². The molecular formula is C8H13N3O3S. The van der Waals surface area contributed by atoms with Crippen LogP contribution in [-0.4, -0.2) is 26.0 Å². The molecule has 0 spiro atoms. The highest BCUT2D eigenvalue weighted by Gasteiger charge is 2.05. The second-order valence-corrected chi connectivity index (χ2v) is 3.86. The largest absolute Gasteiger partial charge is 0.370 e. The van der Waals surface area contributed by atoms with Gasteiger partial charge in [0, 0.05) is 7.05 Å². The van der Waals surface area contributed by atoms with Crippen LogP contribution in [0.25, 0.3) is 0 Å². The zero-order chi connectivity index (χ0) is 11.9. The van der Waals surface area contributed by atoms with Crippen molar-refractivity contribution in [2.75, 3.05) is 7.05 Å². The van der Waals surface area contributed by atoms with Gasteiger partial charge in [0.25, 0.3) is 10.1 Å². The molecule has 0 unspecified atom stereocenters. The molecule has 7 heteroatoms. The standard InChI is InChI=1S/C6H6O3S.C2H7N3/c7-10(8,9)6-4-2-1-3-5-6;1-5-2(3)4/h1-5H,(H,7,8,9);1H3,(H4,3,4,5). The van der Waals surface area contributed by atoms with E-state index >= 15 is 0 Å². The third kappa shape index (κ3) is 6.47. The summed E-state index contributed by atoms with van der Waals surface area (Å²) in [6.07, 6.45) is 0. The number of rotatable bonds is 1. The number of guanidine groups is 1. The highest BCUT2D eigenvalue weighted by molar-refractivity contribution is 7.85. The summed E-state index contributed by atoms with van der Waals surface area (Å²) in [5, 5.41) is 0. The Kier molecular flexibility index (Phi) is 5.35. The van der Waals surface area contributed by atoms with Gasteiger partial charge in [0.15, 0.2) is 5.96 Å². The molecule has 1 aromatic rings. The Morgan fingerprint density at radius 3 is 1.87 bits per heavy atom. The third-order valence-corrected chi connectivity index (χ3v) is 2.17. The molecule has 1 rings (SSSR count). The van der Waals surface area contributed by atoms with Gasteiger partial charge in [-0.25, -0.2) is 0 Å². The lowest BCUT2D eigenvalue weighted by Crippen LogP contribution is -2.21. The van der Waals surface area contributed by atoms with Crippen molar-refractivity contribution in [1.29, 1.82) is 0 Å². The second-order valence-electron chi connectivity index (χ2n) is 2.44. The zero-order valence-corrected chi connectivity index (χ0v) is 8.98. The summed E-state index contributed by atoms with van der Waals surface area (Å²) in [7, 11) is -2.47. The highest BCUT2D eigenvalue weighted by atomic mass is 32.2. The van der Waals surface area contributed by atoms with E-state index in [1.807, 2.05) is 0 Å². The van der Waals surface area contributed by atoms with Gasteiger partial charge in [-0.3, -0.25) is 9.55 Å². The Bertz CT molecular complexity index is 410. The lowest BCUT2D eigenvalue weighted by atomic mass is 10.4. The Hall–Kier alpha value is -1.60. The lowest BCUT2D eigenvalue weighted by Gasteiger charge is -1.92. The Balaban J connectivity index is 0.000000336. The maximum Gasteiger partial charge on any atom is 0.294 e.